The van der Waals surface area contributed by atoms with E-state index in [9.17, 15) is 14.4 Å². The van der Waals surface area contributed by atoms with Crippen molar-refractivity contribution in [3.8, 4) is 0 Å². The van der Waals surface area contributed by atoms with E-state index in [2.05, 4.69) is 17.6 Å². The van der Waals surface area contributed by atoms with Gasteiger partial charge in [0.2, 0.25) is 5.91 Å². The monoisotopic (exact) mass is 285 g/mol. The molecule has 1 fully saturated rings. The molecule has 3 amide bonds. The maximum absolute atomic E-state index is 11.8. The summed E-state index contributed by atoms with van der Waals surface area (Å²) >= 11 is 0. The summed E-state index contributed by atoms with van der Waals surface area (Å²) in [5.74, 6) is -1.07. The number of carbonyl (C=O) groups is 3. The van der Waals surface area contributed by atoms with Gasteiger partial charge in [-0.2, -0.15) is 0 Å². The molecule has 0 saturated heterocycles. The van der Waals surface area contributed by atoms with E-state index in [1.807, 2.05) is 0 Å². The minimum Gasteiger partial charge on any atom is -0.480 e. The second-order valence-corrected chi connectivity index (χ2v) is 5.47. The van der Waals surface area contributed by atoms with Crippen LogP contribution >= 0.6 is 0 Å². The molecule has 0 aromatic rings. The number of aliphatic carboxylic acids is 1. The number of amides is 3. The van der Waals surface area contributed by atoms with Crippen LogP contribution in [-0.4, -0.2) is 35.1 Å². The summed E-state index contributed by atoms with van der Waals surface area (Å²) < 4.78 is 0. The number of nitrogens with one attached hydrogen (secondary N) is 2. The predicted molar refractivity (Wildman–Crippen MR) is 72.9 cm³/mol. The van der Waals surface area contributed by atoms with Crippen LogP contribution < -0.4 is 16.4 Å². The van der Waals surface area contributed by atoms with Crippen molar-refractivity contribution in [1.82, 2.24) is 10.6 Å². The first kappa shape index (κ1) is 16.3. The quantitative estimate of drug-likeness (QED) is 0.570. The molecule has 1 atom stereocenters. The molecule has 1 aliphatic carbocycles. The summed E-state index contributed by atoms with van der Waals surface area (Å²) in [6, 6.07) is -1.50. The van der Waals surface area contributed by atoms with E-state index in [0.29, 0.717) is 5.92 Å². The van der Waals surface area contributed by atoms with Crippen LogP contribution in [0.25, 0.3) is 0 Å². The van der Waals surface area contributed by atoms with E-state index in [4.69, 9.17) is 10.8 Å². The van der Waals surface area contributed by atoms with Crippen LogP contribution in [0.2, 0.25) is 0 Å². The molecule has 114 valence electrons. The summed E-state index contributed by atoms with van der Waals surface area (Å²) in [7, 11) is 0. The fourth-order valence-electron chi connectivity index (χ4n) is 2.33. The van der Waals surface area contributed by atoms with Gasteiger partial charge < -0.3 is 21.5 Å². The minimum absolute atomic E-state index is 0.000211. The number of nitrogens with two attached hydrogens (primary N) is 1. The third kappa shape index (κ3) is 5.90. The predicted octanol–water partition coefficient (Wildman–Crippen LogP) is 0.583. The highest BCUT2D eigenvalue weighted by Crippen LogP contribution is 2.23. The lowest BCUT2D eigenvalue weighted by Crippen LogP contribution is -2.49. The van der Waals surface area contributed by atoms with Crippen molar-refractivity contribution in [2.24, 2.45) is 11.7 Å². The SMILES string of the molecule is CC1CCC(NC(=O)N[C@@H](CCC(N)=O)C(=O)O)CC1. The first-order chi connectivity index (χ1) is 9.38. The Morgan fingerprint density at radius 3 is 2.35 bits per heavy atom. The third-order valence-corrected chi connectivity index (χ3v) is 3.63. The largest absolute Gasteiger partial charge is 0.480 e. The molecule has 0 bridgehead atoms. The fraction of sp³-hybridized carbons (Fsp3) is 0.769. The molecule has 1 rings (SSSR count). The first-order valence-corrected chi connectivity index (χ1v) is 6.96. The Labute approximate surface area is 118 Å². The lowest BCUT2D eigenvalue weighted by atomic mass is 9.87. The number of carboxylic acids is 1. The molecule has 7 nitrogen and oxygen atoms in total. The number of carbonyl (C=O) groups excluding carboxylic acids is 2. The molecule has 5 N–H and O–H groups in total. The van der Waals surface area contributed by atoms with Crippen LogP contribution in [0.3, 0.4) is 0 Å². The van der Waals surface area contributed by atoms with E-state index in [0.717, 1.165) is 25.7 Å². The molecule has 0 radical (unpaired) electrons. The maximum atomic E-state index is 11.8. The lowest BCUT2D eigenvalue weighted by Gasteiger charge is -2.27. The number of rotatable bonds is 6. The van der Waals surface area contributed by atoms with Gasteiger partial charge in [-0.25, -0.2) is 9.59 Å². The van der Waals surface area contributed by atoms with Gasteiger partial charge in [0, 0.05) is 12.5 Å². The number of urea groups is 1. The zero-order valence-corrected chi connectivity index (χ0v) is 11.7. The Kier molecular flexibility index (Phi) is 6.27. The van der Waals surface area contributed by atoms with Crippen molar-refractivity contribution in [3.63, 3.8) is 0 Å². The second kappa shape index (κ2) is 7.72. The Hall–Kier alpha value is -1.79. The van der Waals surface area contributed by atoms with Gasteiger partial charge >= 0.3 is 12.0 Å². The Balaban J connectivity index is 2.37. The summed E-state index contributed by atoms with van der Waals surface area (Å²) in [4.78, 5) is 33.4. The van der Waals surface area contributed by atoms with Crippen molar-refractivity contribution in [2.45, 2.75) is 57.5 Å². The van der Waals surface area contributed by atoms with E-state index < -0.39 is 23.9 Å². The highest BCUT2D eigenvalue weighted by molar-refractivity contribution is 5.83. The van der Waals surface area contributed by atoms with E-state index in [1.165, 1.54) is 0 Å². The van der Waals surface area contributed by atoms with E-state index in [1.54, 1.807) is 0 Å². The number of hydrogen-bond acceptors (Lipinski definition) is 3. The molecule has 0 unspecified atom stereocenters. The van der Waals surface area contributed by atoms with E-state index >= 15 is 0 Å². The minimum atomic E-state index is -1.17. The molecule has 7 heteroatoms. The van der Waals surface area contributed by atoms with E-state index in [-0.39, 0.29) is 18.9 Å². The van der Waals surface area contributed by atoms with Gasteiger partial charge in [0.25, 0.3) is 0 Å². The van der Waals surface area contributed by atoms with Gasteiger partial charge in [-0.3, -0.25) is 4.79 Å². The van der Waals surface area contributed by atoms with Crippen molar-refractivity contribution < 1.29 is 19.5 Å². The first-order valence-electron chi connectivity index (χ1n) is 6.96. The molecule has 1 saturated carbocycles. The van der Waals surface area contributed by atoms with Crippen molar-refractivity contribution in [1.29, 1.82) is 0 Å². The zero-order chi connectivity index (χ0) is 15.1. The van der Waals surface area contributed by atoms with Crippen LogP contribution in [0.1, 0.15) is 45.4 Å². The third-order valence-electron chi connectivity index (χ3n) is 3.63. The van der Waals surface area contributed by atoms with Gasteiger partial charge in [-0.05, 0) is 38.0 Å². The second-order valence-electron chi connectivity index (χ2n) is 5.47. The maximum Gasteiger partial charge on any atom is 0.326 e. The highest BCUT2D eigenvalue weighted by Gasteiger charge is 2.23. The lowest BCUT2D eigenvalue weighted by molar-refractivity contribution is -0.139. The summed E-state index contributed by atoms with van der Waals surface area (Å²) in [5.41, 5.74) is 4.97. The Morgan fingerprint density at radius 2 is 1.85 bits per heavy atom. The summed E-state index contributed by atoms with van der Waals surface area (Å²) in [6.07, 6.45) is 3.88. The number of primary amides is 1. The molecule has 0 spiro atoms. The summed E-state index contributed by atoms with van der Waals surface area (Å²) in [5, 5.41) is 14.1. The Morgan fingerprint density at radius 1 is 1.25 bits per heavy atom. The highest BCUT2D eigenvalue weighted by atomic mass is 16.4. The molecule has 0 heterocycles. The van der Waals surface area contributed by atoms with Gasteiger partial charge in [-0.1, -0.05) is 6.92 Å². The van der Waals surface area contributed by atoms with Crippen LogP contribution in [0, 0.1) is 5.92 Å². The van der Waals surface area contributed by atoms with Gasteiger partial charge in [-0.15, -0.1) is 0 Å². The average Bonchev–Trinajstić information content (AvgIpc) is 2.36. The van der Waals surface area contributed by atoms with Crippen molar-refractivity contribution >= 4 is 17.9 Å². The molecule has 1 aliphatic rings. The Bertz CT molecular complexity index is 365. The summed E-state index contributed by atoms with van der Waals surface area (Å²) in [6.45, 7) is 2.18. The van der Waals surface area contributed by atoms with Crippen LogP contribution in [0.15, 0.2) is 0 Å². The van der Waals surface area contributed by atoms with Crippen LogP contribution in [0.4, 0.5) is 4.79 Å². The average molecular weight is 285 g/mol. The standard InChI is InChI=1S/C13H23N3O4/c1-8-2-4-9(5-3-8)15-13(20)16-10(12(18)19)6-7-11(14)17/h8-10H,2-7H2,1H3,(H2,14,17)(H,18,19)(H2,15,16,20)/t8?,9?,10-/m0/s1. The van der Waals surface area contributed by atoms with Crippen molar-refractivity contribution in [2.75, 3.05) is 0 Å². The van der Waals surface area contributed by atoms with Gasteiger partial charge in [0.15, 0.2) is 0 Å². The van der Waals surface area contributed by atoms with Crippen LogP contribution in [-0.2, 0) is 9.59 Å². The normalized spacial score (nSPS) is 23.6. The molecular weight excluding hydrogens is 262 g/mol. The van der Waals surface area contributed by atoms with Crippen LogP contribution in [0.5, 0.6) is 0 Å². The van der Waals surface area contributed by atoms with Gasteiger partial charge in [0.05, 0.1) is 0 Å². The number of hydrogen-bond donors (Lipinski definition) is 4. The van der Waals surface area contributed by atoms with Crippen molar-refractivity contribution in [3.05, 3.63) is 0 Å². The molecular formula is C13H23N3O4. The number of carboxylic acid groups (broad SMARTS) is 1. The molecule has 0 aliphatic heterocycles. The molecule has 0 aromatic carbocycles. The molecule has 0 aromatic heterocycles. The topological polar surface area (TPSA) is 122 Å². The zero-order valence-electron chi connectivity index (χ0n) is 11.7. The molecule has 20 heavy (non-hydrogen) atoms. The fourth-order valence-corrected chi connectivity index (χ4v) is 2.33. The smallest absolute Gasteiger partial charge is 0.326 e. The van der Waals surface area contributed by atoms with Gasteiger partial charge in [0.1, 0.15) is 6.04 Å².